The van der Waals surface area contributed by atoms with Gasteiger partial charge in [-0.25, -0.2) is 0 Å². The van der Waals surface area contributed by atoms with Crippen LogP contribution in [-0.4, -0.2) is 26.7 Å². The topological polar surface area (TPSA) is 24.5 Å². The van der Waals surface area contributed by atoms with Crippen LogP contribution < -0.4 is 15.0 Å². The average molecular weight is 292 g/mol. The van der Waals surface area contributed by atoms with Crippen LogP contribution in [0.25, 0.3) is 0 Å². The minimum atomic E-state index is 0.677. The highest BCUT2D eigenvalue weighted by molar-refractivity contribution is 5.59. The van der Waals surface area contributed by atoms with Gasteiger partial charge in [-0.05, 0) is 43.0 Å². The lowest BCUT2D eigenvalue weighted by Crippen LogP contribution is -2.25. The van der Waals surface area contributed by atoms with Crippen molar-refractivity contribution in [3.8, 4) is 5.75 Å². The second-order valence-corrected chi connectivity index (χ2v) is 6.02. The van der Waals surface area contributed by atoms with E-state index in [2.05, 4.69) is 56.1 Å². The normalized spacial score (nSPS) is 11.0. The van der Waals surface area contributed by atoms with Crippen LogP contribution in [0.2, 0.25) is 0 Å². The van der Waals surface area contributed by atoms with Gasteiger partial charge in [0.1, 0.15) is 5.75 Å². The van der Waals surface area contributed by atoms with E-state index in [-0.39, 0.29) is 0 Å². The first-order valence-corrected chi connectivity index (χ1v) is 8.24. The third-order valence-corrected chi connectivity index (χ3v) is 3.45. The average Bonchev–Trinajstić information content (AvgIpc) is 2.46. The molecule has 0 fully saturated rings. The number of nitrogens with zero attached hydrogens (tertiary/aromatic N) is 1. The maximum Gasteiger partial charge on any atom is 0.142 e. The molecule has 21 heavy (non-hydrogen) atoms. The Balaban J connectivity index is 2.81. The van der Waals surface area contributed by atoms with E-state index in [9.17, 15) is 0 Å². The molecular weight excluding hydrogens is 260 g/mol. The summed E-state index contributed by atoms with van der Waals surface area (Å²) >= 11 is 0. The summed E-state index contributed by atoms with van der Waals surface area (Å²) in [5, 5.41) is 3.48. The summed E-state index contributed by atoms with van der Waals surface area (Å²) in [6.07, 6.45) is 2.31. The van der Waals surface area contributed by atoms with Crippen LogP contribution in [0.4, 0.5) is 5.69 Å². The monoisotopic (exact) mass is 292 g/mol. The van der Waals surface area contributed by atoms with Crippen molar-refractivity contribution < 1.29 is 4.74 Å². The van der Waals surface area contributed by atoms with E-state index in [1.54, 1.807) is 7.11 Å². The molecule has 0 spiro atoms. The molecule has 1 N–H and O–H groups in total. The first-order valence-electron chi connectivity index (χ1n) is 8.24. The minimum Gasteiger partial charge on any atom is -0.495 e. The Hall–Kier alpha value is -1.22. The Morgan fingerprint density at radius 1 is 1.14 bits per heavy atom. The van der Waals surface area contributed by atoms with E-state index < -0.39 is 0 Å². The number of methoxy groups -OCH3 is 1. The molecule has 0 saturated carbocycles. The third-order valence-electron chi connectivity index (χ3n) is 3.45. The van der Waals surface area contributed by atoms with Crippen molar-refractivity contribution in [2.45, 2.75) is 47.1 Å². The van der Waals surface area contributed by atoms with E-state index in [4.69, 9.17) is 4.74 Å². The fourth-order valence-corrected chi connectivity index (χ4v) is 2.49. The molecule has 0 aromatic heterocycles. The molecule has 3 heteroatoms. The standard InChI is InChI=1S/C18H32N2O/c1-6-10-20(11-7-2)17-9-8-16(12-18(17)21-5)14-19-13-15(3)4/h8-9,12,15,19H,6-7,10-11,13-14H2,1-5H3. The molecule has 0 saturated heterocycles. The third kappa shape index (κ3) is 5.96. The number of anilines is 1. The summed E-state index contributed by atoms with van der Waals surface area (Å²) in [5.74, 6) is 1.66. The summed E-state index contributed by atoms with van der Waals surface area (Å²) in [5.41, 5.74) is 2.50. The second kappa shape index (κ2) is 9.67. The molecule has 1 aromatic carbocycles. The lowest BCUT2D eigenvalue weighted by molar-refractivity contribution is 0.413. The van der Waals surface area contributed by atoms with Gasteiger partial charge in [-0.3, -0.25) is 0 Å². The molecule has 0 aliphatic rings. The zero-order valence-electron chi connectivity index (χ0n) is 14.4. The van der Waals surface area contributed by atoms with Crippen molar-refractivity contribution in [2.24, 2.45) is 5.92 Å². The number of nitrogens with one attached hydrogen (secondary N) is 1. The van der Waals surface area contributed by atoms with E-state index in [0.717, 1.165) is 44.8 Å². The quantitative estimate of drug-likeness (QED) is 0.703. The van der Waals surface area contributed by atoms with Crippen molar-refractivity contribution in [1.29, 1.82) is 0 Å². The number of rotatable bonds is 10. The summed E-state index contributed by atoms with van der Waals surface area (Å²) < 4.78 is 5.62. The second-order valence-electron chi connectivity index (χ2n) is 6.02. The molecule has 1 rings (SSSR count). The van der Waals surface area contributed by atoms with Crippen LogP contribution in [-0.2, 0) is 6.54 Å². The molecule has 0 aliphatic carbocycles. The van der Waals surface area contributed by atoms with Gasteiger partial charge in [-0.15, -0.1) is 0 Å². The highest BCUT2D eigenvalue weighted by atomic mass is 16.5. The Morgan fingerprint density at radius 3 is 2.33 bits per heavy atom. The van der Waals surface area contributed by atoms with Crippen molar-refractivity contribution in [1.82, 2.24) is 5.32 Å². The number of hydrogen-bond donors (Lipinski definition) is 1. The van der Waals surface area contributed by atoms with Crippen molar-refractivity contribution >= 4 is 5.69 Å². The lowest BCUT2D eigenvalue weighted by Gasteiger charge is -2.26. The zero-order valence-corrected chi connectivity index (χ0v) is 14.4. The summed E-state index contributed by atoms with van der Waals surface area (Å²) in [6, 6.07) is 6.58. The van der Waals surface area contributed by atoms with Gasteiger partial charge >= 0.3 is 0 Å². The van der Waals surface area contributed by atoms with Gasteiger partial charge < -0.3 is 15.0 Å². The van der Waals surface area contributed by atoms with E-state index in [1.807, 2.05) is 0 Å². The summed E-state index contributed by atoms with van der Waals surface area (Å²) in [6.45, 7) is 13.0. The first kappa shape index (κ1) is 17.8. The van der Waals surface area contributed by atoms with Gasteiger partial charge in [0.05, 0.1) is 12.8 Å². The van der Waals surface area contributed by atoms with Crippen LogP contribution in [0.15, 0.2) is 18.2 Å². The molecule has 0 radical (unpaired) electrons. The van der Waals surface area contributed by atoms with Crippen molar-refractivity contribution in [3.05, 3.63) is 23.8 Å². The fraction of sp³-hybridized carbons (Fsp3) is 0.667. The number of ether oxygens (including phenoxy) is 1. The SMILES string of the molecule is CCCN(CCC)c1ccc(CNCC(C)C)cc1OC. The van der Waals surface area contributed by atoms with E-state index >= 15 is 0 Å². The van der Waals surface area contributed by atoms with E-state index in [1.165, 1.54) is 11.3 Å². The summed E-state index contributed by atoms with van der Waals surface area (Å²) in [7, 11) is 1.76. The highest BCUT2D eigenvalue weighted by Gasteiger charge is 2.11. The predicted octanol–water partition coefficient (Wildman–Crippen LogP) is 4.07. The van der Waals surface area contributed by atoms with Gasteiger partial charge in [-0.2, -0.15) is 0 Å². The van der Waals surface area contributed by atoms with Crippen LogP contribution in [0.5, 0.6) is 5.75 Å². The van der Waals surface area contributed by atoms with Gasteiger partial charge in [0.2, 0.25) is 0 Å². The van der Waals surface area contributed by atoms with Crippen molar-refractivity contribution in [3.63, 3.8) is 0 Å². The lowest BCUT2D eigenvalue weighted by atomic mass is 10.1. The largest absolute Gasteiger partial charge is 0.495 e. The zero-order chi connectivity index (χ0) is 15.7. The Bertz CT molecular complexity index is 398. The fourth-order valence-electron chi connectivity index (χ4n) is 2.49. The van der Waals surface area contributed by atoms with Crippen LogP contribution >= 0.6 is 0 Å². The molecule has 0 aliphatic heterocycles. The Kier molecular flexibility index (Phi) is 8.21. The van der Waals surface area contributed by atoms with E-state index in [0.29, 0.717) is 5.92 Å². The first-order chi connectivity index (χ1) is 10.1. The molecular formula is C18H32N2O. The van der Waals surface area contributed by atoms with Crippen LogP contribution in [0, 0.1) is 5.92 Å². The van der Waals surface area contributed by atoms with Gasteiger partial charge in [0.25, 0.3) is 0 Å². The molecule has 0 unspecified atom stereocenters. The minimum absolute atomic E-state index is 0.677. The molecule has 0 heterocycles. The van der Waals surface area contributed by atoms with Crippen LogP contribution in [0.3, 0.4) is 0 Å². The Morgan fingerprint density at radius 2 is 1.81 bits per heavy atom. The predicted molar refractivity (Wildman–Crippen MR) is 92.3 cm³/mol. The van der Waals surface area contributed by atoms with Crippen molar-refractivity contribution in [2.75, 3.05) is 31.6 Å². The molecule has 0 atom stereocenters. The van der Waals surface area contributed by atoms with Gasteiger partial charge in [-0.1, -0.05) is 33.8 Å². The molecule has 120 valence electrons. The molecule has 0 amide bonds. The molecule has 3 nitrogen and oxygen atoms in total. The van der Waals surface area contributed by atoms with Crippen LogP contribution in [0.1, 0.15) is 46.1 Å². The molecule has 1 aromatic rings. The number of hydrogen-bond acceptors (Lipinski definition) is 3. The highest BCUT2D eigenvalue weighted by Crippen LogP contribution is 2.29. The Labute approximate surface area is 130 Å². The van der Waals surface area contributed by atoms with Gasteiger partial charge in [0, 0.05) is 19.6 Å². The summed E-state index contributed by atoms with van der Waals surface area (Å²) in [4.78, 5) is 2.42. The molecule has 0 bridgehead atoms. The van der Waals surface area contributed by atoms with Gasteiger partial charge in [0.15, 0.2) is 0 Å². The smallest absolute Gasteiger partial charge is 0.142 e. The number of benzene rings is 1. The maximum atomic E-state index is 5.62. The maximum absolute atomic E-state index is 5.62.